The number of unbranched alkanes of at least 4 members (excludes halogenated alkanes) is 2. The largest absolute Gasteiger partial charge is 0.481 e. The molecule has 0 saturated heterocycles. The van der Waals surface area contributed by atoms with Crippen molar-refractivity contribution in [1.29, 1.82) is 0 Å². The van der Waals surface area contributed by atoms with Gasteiger partial charge in [-0.3, -0.25) is 19.2 Å². The highest BCUT2D eigenvalue weighted by atomic mass is 16.6. The van der Waals surface area contributed by atoms with Gasteiger partial charge >= 0.3 is 35.8 Å². The average Bonchev–Trinajstić information content (AvgIpc) is 2.53. The van der Waals surface area contributed by atoms with Crippen LogP contribution in [-0.2, 0) is 38.2 Å². The van der Waals surface area contributed by atoms with Gasteiger partial charge in [-0.25, -0.2) is 9.59 Å². The van der Waals surface area contributed by atoms with E-state index in [1.807, 2.05) is 0 Å². The van der Waals surface area contributed by atoms with Gasteiger partial charge in [0.15, 0.2) is 0 Å². The molecule has 0 rings (SSSR count). The van der Waals surface area contributed by atoms with Gasteiger partial charge in [-0.05, 0) is 25.7 Å². The maximum absolute atomic E-state index is 11.3. The lowest BCUT2D eigenvalue weighted by atomic mass is 10.2. The average molecular weight is 372 g/mol. The molecule has 10 heteroatoms. The van der Waals surface area contributed by atoms with Crippen molar-refractivity contribution >= 4 is 35.8 Å². The van der Waals surface area contributed by atoms with Gasteiger partial charge in [0.05, 0.1) is 0 Å². The molecule has 10 nitrogen and oxygen atoms in total. The van der Waals surface area contributed by atoms with Crippen LogP contribution in [-0.4, -0.2) is 46.0 Å². The summed E-state index contributed by atoms with van der Waals surface area (Å²) in [5.41, 5.74) is 0. The second-order valence-corrected chi connectivity index (χ2v) is 5.12. The van der Waals surface area contributed by atoms with Crippen molar-refractivity contribution in [3.05, 3.63) is 12.2 Å². The van der Waals surface area contributed by atoms with Crippen LogP contribution in [0.25, 0.3) is 0 Å². The van der Waals surface area contributed by atoms with E-state index in [1.165, 1.54) is 0 Å². The maximum Gasteiger partial charge on any atom is 0.338 e. The number of carboxylic acids is 2. The molecule has 26 heavy (non-hydrogen) atoms. The highest BCUT2D eigenvalue weighted by Gasteiger charge is 2.11. The van der Waals surface area contributed by atoms with E-state index < -0.39 is 35.8 Å². The number of hydrogen-bond donors (Lipinski definition) is 2. The smallest absolute Gasteiger partial charge is 0.338 e. The molecule has 0 aromatic rings. The number of aliphatic carboxylic acids is 2. The first-order chi connectivity index (χ1) is 12.2. The first-order valence-corrected chi connectivity index (χ1v) is 7.81. The maximum atomic E-state index is 11.3. The molecule has 0 amide bonds. The monoisotopic (exact) mass is 372 g/mol. The summed E-state index contributed by atoms with van der Waals surface area (Å²) < 4.78 is 8.71. The number of hydrogen-bond acceptors (Lipinski definition) is 8. The first-order valence-electron chi connectivity index (χ1n) is 7.81. The molecular formula is C16H20O10. The van der Waals surface area contributed by atoms with E-state index in [1.54, 1.807) is 0 Å². The van der Waals surface area contributed by atoms with Crippen LogP contribution in [0.15, 0.2) is 12.2 Å². The second kappa shape index (κ2) is 13.3. The molecule has 0 saturated carbocycles. The van der Waals surface area contributed by atoms with E-state index >= 15 is 0 Å². The molecular weight excluding hydrogens is 352 g/mol. The van der Waals surface area contributed by atoms with Crippen molar-refractivity contribution in [2.45, 2.75) is 51.4 Å². The minimum atomic E-state index is -1.13. The van der Waals surface area contributed by atoms with Crippen molar-refractivity contribution in [3.8, 4) is 0 Å². The standard InChI is InChI=1S/C16H20O10/c17-11(18)5-1-3-7-13(21)25-15(23)9-10-16(24)26-14(22)8-4-2-6-12(19)20/h9-10H,1-8H2,(H,17,18)(H,19,20)/b10-9+. The van der Waals surface area contributed by atoms with Gasteiger partial charge in [0, 0.05) is 37.8 Å². The lowest BCUT2D eigenvalue weighted by Crippen LogP contribution is -2.12. The van der Waals surface area contributed by atoms with Gasteiger partial charge in [0.25, 0.3) is 0 Å². The van der Waals surface area contributed by atoms with Gasteiger partial charge < -0.3 is 19.7 Å². The summed E-state index contributed by atoms with van der Waals surface area (Å²) in [6.07, 6.45) is 1.74. The zero-order chi connectivity index (χ0) is 19.9. The van der Waals surface area contributed by atoms with E-state index in [-0.39, 0.29) is 51.4 Å². The van der Waals surface area contributed by atoms with E-state index in [2.05, 4.69) is 9.47 Å². The minimum Gasteiger partial charge on any atom is -0.481 e. The topological polar surface area (TPSA) is 161 Å². The normalized spacial score (nSPS) is 10.3. The molecule has 0 spiro atoms. The van der Waals surface area contributed by atoms with Gasteiger partial charge in [0.1, 0.15) is 0 Å². The Balaban J connectivity index is 3.97. The van der Waals surface area contributed by atoms with Gasteiger partial charge in [-0.2, -0.15) is 0 Å². The Morgan fingerprint density at radius 2 is 0.885 bits per heavy atom. The Bertz CT molecular complexity index is 526. The third kappa shape index (κ3) is 14.5. The lowest BCUT2D eigenvalue weighted by Gasteiger charge is -2.00. The van der Waals surface area contributed by atoms with Crippen LogP contribution >= 0.6 is 0 Å². The zero-order valence-electron chi connectivity index (χ0n) is 14.0. The van der Waals surface area contributed by atoms with Crippen LogP contribution < -0.4 is 0 Å². The molecule has 0 unspecified atom stereocenters. The summed E-state index contributed by atoms with van der Waals surface area (Å²) >= 11 is 0. The van der Waals surface area contributed by atoms with Crippen molar-refractivity contribution in [2.24, 2.45) is 0 Å². The Morgan fingerprint density at radius 3 is 1.19 bits per heavy atom. The molecule has 2 N–H and O–H groups in total. The van der Waals surface area contributed by atoms with Crippen LogP contribution in [0.4, 0.5) is 0 Å². The molecule has 0 fully saturated rings. The third-order valence-electron chi connectivity index (χ3n) is 2.83. The molecule has 0 aliphatic carbocycles. The van der Waals surface area contributed by atoms with E-state index in [9.17, 15) is 28.8 Å². The summed E-state index contributed by atoms with van der Waals surface area (Å²) in [6.45, 7) is 0. The number of ether oxygens (including phenoxy) is 2. The summed E-state index contributed by atoms with van der Waals surface area (Å²) in [7, 11) is 0. The fourth-order valence-corrected chi connectivity index (χ4v) is 1.62. The second-order valence-electron chi connectivity index (χ2n) is 5.12. The van der Waals surface area contributed by atoms with Crippen molar-refractivity contribution in [2.75, 3.05) is 0 Å². The minimum absolute atomic E-state index is 0.0999. The fourth-order valence-electron chi connectivity index (χ4n) is 1.62. The van der Waals surface area contributed by atoms with Crippen LogP contribution in [0.5, 0.6) is 0 Å². The highest BCUT2D eigenvalue weighted by Crippen LogP contribution is 2.03. The van der Waals surface area contributed by atoms with Gasteiger partial charge in [-0.15, -0.1) is 0 Å². The van der Waals surface area contributed by atoms with Crippen LogP contribution in [0.1, 0.15) is 51.4 Å². The third-order valence-corrected chi connectivity index (χ3v) is 2.83. The van der Waals surface area contributed by atoms with Crippen molar-refractivity contribution in [1.82, 2.24) is 0 Å². The number of esters is 4. The summed E-state index contributed by atoms with van der Waals surface area (Å²) in [5.74, 6) is -5.97. The number of carboxylic acid groups (broad SMARTS) is 2. The molecule has 0 heterocycles. The fraction of sp³-hybridized carbons (Fsp3) is 0.500. The SMILES string of the molecule is O=C(O)CCCCC(=O)OC(=O)/C=C/C(=O)OC(=O)CCCCC(=O)O. The van der Waals surface area contributed by atoms with E-state index in [4.69, 9.17) is 10.2 Å². The van der Waals surface area contributed by atoms with Gasteiger partial charge in [0.2, 0.25) is 0 Å². The Morgan fingerprint density at radius 1 is 0.577 bits per heavy atom. The predicted octanol–water partition coefficient (Wildman–Crippen LogP) is 0.972. The molecule has 0 aromatic carbocycles. The molecule has 0 aliphatic rings. The molecule has 0 aromatic heterocycles. The van der Waals surface area contributed by atoms with Crippen molar-refractivity contribution < 1.29 is 48.5 Å². The summed E-state index contributed by atoms with van der Waals surface area (Å²) in [5, 5.41) is 16.8. The molecule has 0 atom stereocenters. The highest BCUT2D eigenvalue weighted by molar-refractivity contribution is 5.98. The molecule has 0 radical (unpaired) electrons. The number of rotatable bonds is 12. The van der Waals surface area contributed by atoms with Crippen LogP contribution in [0.2, 0.25) is 0 Å². The Labute approximate surface area is 148 Å². The number of carbonyl (C=O) groups is 6. The first kappa shape index (κ1) is 23.0. The predicted molar refractivity (Wildman–Crippen MR) is 83.5 cm³/mol. The quantitative estimate of drug-likeness (QED) is 0.218. The van der Waals surface area contributed by atoms with Crippen molar-refractivity contribution in [3.63, 3.8) is 0 Å². The summed E-state index contributed by atoms with van der Waals surface area (Å²) in [4.78, 5) is 65.7. The number of carbonyl (C=O) groups excluding carboxylic acids is 4. The summed E-state index contributed by atoms with van der Waals surface area (Å²) in [6, 6.07) is 0. The van der Waals surface area contributed by atoms with E-state index in [0.29, 0.717) is 12.2 Å². The molecule has 0 aliphatic heterocycles. The van der Waals surface area contributed by atoms with E-state index in [0.717, 1.165) is 0 Å². The van der Waals surface area contributed by atoms with Crippen LogP contribution in [0, 0.1) is 0 Å². The van der Waals surface area contributed by atoms with Crippen LogP contribution in [0.3, 0.4) is 0 Å². The van der Waals surface area contributed by atoms with Gasteiger partial charge in [-0.1, -0.05) is 0 Å². The Hall–Kier alpha value is -3.04. The molecule has 0 bridgehead atoms. The zero-order valence-corrected chi connectivity index (χ0v) is 14.0. The Kier molecular flexibility index (Phi) is 11.7. The molecule has 144 valence electrons. The lowest BCUT2D eigenvalue weighted by molar-refractivity contribution is -0.159.